The Kier molecular flexibility index (Phi) is 5.69. The van der Waals surface area contributed by atoms with Crippen molar-refractivity contribution in [1.29, 1.82) is 0 Å². The highest BCUT2D eigenvalue weighted by Gasteiger charge is 2.29. The molecule has 3 rings (SSSR count). The Balaban J connectivity index is 1.67. The summed E-state index contributed by atoms with van der Waals surface area (Å²) in [6, 6.07) is 3.60. The molecule has 1 aliphatic carbocycles. The first kappa shape index (κ1) is 18.8. The van der Waals surface area contributed by atoms with Crippen molar-refractivity contribution in [3.8, 4) is 11.1 Å². The molecule has 0 radical (unpaired) electrons. The Labute approximate surface area is 157 Å². The number of carbonyl (C=O) groups excluding carboxylic acids is 2. The first-order chi connectivity index (χ1) is 13.0. The van der Waals surface area contributed by atoms with Gasteiger partial charge in [0.2, 0.25) is 5.91 Å². The molecule has 1 fully saturated rings. The van der Waals surface area contributed by atoms with Crippen LogP contribution in [0.25, 0.3) is 11.1 Å². The normalized spacial score (nSPS) is 13.3. The zero-order valence-electron chi connectivity index (χ0n) is 15.6. The van der Waals surface area contributed by atoms with Crippen LogP contribution in [-0.4, -0.2) is 34.9 Å². The van der Waals surface area contributed by atoms with Crippen LogP contribution in [0.3, 0.4) is 0 Å². The molecule has 1 saturated carbocycles. The maximum atomic E-state index is 12.4. The first-order valence-corrected chi connectivity index (χ1v) is 9.23. The van der Waals surface area contributed by atoms with Crippen LogP contribution in [0.1, 0.15) is 41.4 Å². The van der Waals surface area contributed by atoms with Gasteiger partial charge in [-0.15, -0.1) is 0 Å². The fourth-order valence-corrected chi connectivity index (χ4v) is 2.89. The zero-order valence-corrected chi connectivity index (χ0v) is 15.6. The summed E-state index contributed by atoms with van der Waals surface area (Å²) in [7, 11) is 0. The van der Waals surface area contributed by atoms with Gasteiger partial charge in [0, 0.05) is 53.8 Å². The van der Waals surface area contributed by atoms with Gasteiger partial charge < -0.3 is 15.6 Å². The number of nitrogens with zero attached hydrogens (tertiary/aromatic N) is 1. The summed E-state index contributed by atoms with van der Waals surface area (Å²) in [6.07, 6.45) is 5.72. The molecular formula is C20H24N4O3. The SMILES string of the molecule is CCc1cc(-c2cncc(C(=O)NCCNC(=O)C3CC3)c2)c(C)[nH]c1=O. The Hall–Kier alpha value is -2.96. The second-order valence-corrected chi connectivity index (χ2v) is 6.80. The lowest BCUT2D eigenvalue weighted by Gasteiger charge is -2.10. The number of pyridine rings is 2. The molecule has 3 N–H and O–H groups in total. The van der Waals surface area contributed by atoms with Gasteiger partial charge in [-0.2, -0.15) is 0 Å². The van der Waals surface area contributed by atoms with Gasteiger partial charge in [0.1, 0.15) is 0 Å². The van der Waals surface area contributed by atoms with E-state index in [4.69, 9.17) is 0 Å². The third-order valence-corrected chi connectivity index (χ3v) is 4.67. The number of H-pyrrole nitrogens is 1. The summed E-state index contributed by atoms with van der Waals surface area (Å²) in [5.74, 6) is -0.0221. The Bertz CT molecular complexity index is 916. The molecule has 0 unspecified atom stereocenters. The molecule has 0 aliphatic heterocycles. The van der Waals surface area contributed by atoms with Crippen LogP contribution in [-0.2, 0) is 11.2 Å². The molecule has 0 bridgehead atoms. The highest BCUT2D eigenvalue weighted by Crippen LogP contribution is 2.28. The predicted molar refractivity (Wildman–Crippen MR) is 102 cm³/mol. The van der Waals surface area contributed by atoms with Gasteiger partial charge in [-0.3, -0.25) is 19.4 Å². The van der Waals surface area contributed by atoms with E-state index >= 15 is 0 Å². The number of amides is 2. The molecule has 2 amide bonds. The van der Waals surface area contributed by atoms with E-state index in [-0.39, 0.29) is 23.3 Å². The van der Waals surface area contributed by atoms with E-state index in [2.05, 4.69) is 20.6 Å². The van der Waals surface area contributed by atoms with Crippen LogP contribution in [0.5, 0.6) is 0 Å². The minimum Gasteiger partial charge on any atom is -0.354 e. The van der Waals surface area contributed by atoms with Crippen molar-refractivity contribution in [3.63, 3.8) is 0 Å². The quantitative estimate of drug-likeness (QED) is 0.645. The Morgan fingerprint density at radius 2 is 1.93 bits per heavy atom. The van der Waals surface area contributed by atoms with Crippen molar-refractivity contribution >= 4 is 11.8 Å². The smallest absolute Gasteiger partial charge is 0.252 e. The van der Waals surface area contributed by atoms with Crippen molar-refractivity contribution in [2.45, 2.75) is 33.1 Å². The second-order valence-electron chi connectivity index (χ2n) is 6.80. The number of rotatable bonds is 7. The molecule has 2 aromatic heterocycles. The van der Waals surface area contributed by atoms with Crippen molar-refractivity contribution in [3.05, 3.63) is 51.7 Å². The average molecular weight is 368 g/mol. The molecule has 0 aromatic carbocycles. The van der Waals surface area contributed by atoms with Crippen molar-refractivity contribution < 1.29 is 9.59 Å². The largest absolute Gasteiger partial charge is 0.354 e. The van der Waals surface area contributed by atoms with Gasteiger partial charge >= 0.3 is 0 Å². The summed E-state index contributed by atoms with van der Waals surface area (Å²) in [4.78, 5) is 42.8. The van der Waals surface area contributed by atoms with E-state index in [0.717, 1.165) is 29.7 Å². The van der Waals surface area contributed by atoms with E-state index in [0.29, 0.717) is 30.6 Å². The van der Waals surface area contributed by atoms with E-state index in [1.165, 1.54) is 6.20 Å². The van der Waals surface area contributed by atoms with E-state index in [1.54, 1.807) is 12.3 Å². The maximum Gasteiger partial charge on any atom is 0.252 e. The van der Waals surface area contributed by atoms with Crippen LogP contribution in [0.4, 0.5) is 0 Å². The molecule has 142 valence electrons. The number of nitrogens with one attached hydrogen (secondary N) is 3. The number of aromatic amines is 1. The maximum absolute atomic E-state index is 12.4. The summed E-state index contributed by atoms with van der Waals surface area (Å²) >= 11 is 0. The number of hydrogen-bond donors (Lipinski definition) is 3. The van der Waals surface area contributed by atoms with Crippen molar-refractivity contribution in [1.82, 2.24) is 20.6 Å². The third-order valence-electron chi connectivity index (χ3n) is 4.67. The fraction of sp³-hybridized carbons (Fsp3) is 0.400. The van der Waals surface area contributed by atoms with Gasteiger partial charge in [0.15, 0.2) is 0 Å². The van der Waals surface area contributed by atoms with Crippen LogP contribution in [0.2, 0.25) is 0 Å². The molecule has 1 aliphatic rings. The minimum atomic E-state index is -0.247. The topological polar surface area (TPSA) is 104 Å². The lowest BCUT2D eigenvalue weighted by atomic mass is 10.0. The van der Waals surface area contributed by atoms with E-state index < -0.39 is 0 Å². The van der Waals surface area contributed by atoms with Crippen molar-refractivity contribution in [2.24, 2.45) is 5.92 Å². The molecule has 0 atom stereocenters. The van der Waals surface area contributed by atoms with Gasteiger partial charge in [-0.05, 0) is 38.3 Å². The highest BCUT2D eigenvalue weighted by molar-refractivity contribution is 5.95. The molecule has 0 saturated heterocycles. The Morgan fingerprint density at radius 1 is 1.19 bits per heavy atom. The second kappa shape index (κ2) is 8.16. The predicted octanol–water partition coefficient (Wildman–Crippen LogP) is 1.56. The summed E-state index contributed by atoms with van der Waals surface area (Å²) in [5, 5.41) is 5.60. The molecule has 2 heterocycles. The fourth-order valence-electron chi connectivity index (χ4n) is 2.89. The number of aromatic nitrogens is 2. The molecule has 27 heavy (non-hydrogen) atoms. The molecule has 2 aromatic rings. The highest BCUT2D eigenvalue weighted by atomic mass is 16.2. The van der Waals surface area contributed by atoms with Gasteiger partial charge in [0.05, 0.1) is 5.56 Å². The molecule has 0 spiro atoms. The zero-order chi connectivity index (χ0) is 19.4. The minimum absolute atomic E-state index is 0.0631. The molecule has 7 heteroatoms. The average Bonchev–Trinajstić information content (AvgIpc) is 3.50. The first-order valence-electron chi connectivity index (χ1n) is 9.23. The number of hydrogen-bond acceptors (Lipinski definition) is 4. The summed E-state index contributed by atoms with van der Waals surface area (Å²) < 4.78 is 0. The van der Waals surface area contributed by atoms with Gasteiger partial charge in [-0.1, -0.05) is 6.92 Å². The van der Waals surface area contributed by atoms with Crippen LogP contribution < -0.4 is 16.2 Å². The monoisotopic (exact) mass is 368 g/mol. The lowest BCUT2D eigenvalue weighted by molar-refractivity contribution is -0.122. The van der Waals surface area contributed by atoms with Crippen LogP contribution in [0.15, 0.2) is 29.3 Å². The number of aryl methyl sites for hydroxylation is 2. The van der Waals surface area contributed by atoms with Gasteiger partial charge in [0.25, 0.3) is 11.5 Å². The summed E-state index contributed by atoms with van der Waals surface area (Å²) in [6.45, 7) is 4.52. The molecular weight excluding hydrogens is 344 g/mol. The number of carbonyl (C=O) groups is 2. The Morgan fingerprint density at radius 3 is 2.63 bits per heavy atom. The third kappa shape index (κ3) is 4.61. The van der Waals surface area contributed by atoms with E-state index in [9.17, 15) is 14.4 Å². The van der Waals surface area contributed by atoms with Crippen molar-refractivity contribution in [2.75, 3.05) is 13.1 Å². The van der Waals surface area contributed by atoms with Crippen LogP contribution >= 0.6 is 0 Å². The van der Waals surface area contributed by atoms with E-state index in [1.807, 2.05) is 19.9 Å². The van der Waals surface area contributed by atoms with Crippen LogP contribution in [0, 0.1) is 12.8 Å². The summed E-state index contributed by atoms with van der Waals surface area (Å²) in [5.41, 5.74) is 3.40. The van der Waals surface area contributed by atoms with Gasteiger partial charge in [-0.25, -0.2) is 0 Å². The lowest BCUT2D eigenvalue weighted by Crippen LogP contribution is -2.35. The molecule has 7 nitrogen and oxygen atoms in total. The standard InChI is InChI=1S/C20H24N4O3/c1-3-13-9-17(12(2)24-20(13)27)15-8-16(11-21-10-15)19(26)23-7-6-22-18(25)14-4-5-14/h8-11,14H,3-7H2,1-2H3,(H,22,25)(H,23,26)(H,24,27).